The van der Waals surface area contributed by atoms with Crippen molar-refractivity contribution in [1.29, 1.82) is 0 Å². The summed E-state index contributed by atoms with van der Waals surface area (Å²) in [6, 6.07) is 12.6. The van der Waals surface area contributed by atoms with E-state index in [9.17, 15) is 24.8 Å². The Balaban J connectivity index is 2.00. The van der Waals surface area contributed by atoms with Crippen LogP contribution in [-0.2, 0) is 0 Å². The second kappa shape index (κ2) is 6.81. The van der Waals surface area contributed by atoms with Gasteiger partial charge in [0, 0.05) is 17.7 Å². The van der Waals surface area contributed by atoms with E-state index in [1.54, 1.807) is 38.1 Å². The molecule has 2 amide bonds. The number of imide groups is 1. The molecule has 0 saturated carbocycles. The summed E-state index contributed by atoms with van der Waals surface area (Å²) < 4.78 is 0. The Labute approximate surface area is 172 Å². The average molecular weight is 402 g/mol. The number of phenols is 1. The highest BCUT2D eigenvalue weighted by Gasteiger charge is 2.40. The number of carbonyl (C=O) groups excluding carboxylic acids is 2. The molecule has 7 heteroatoms. The standard InChI is InChI=1S/C23H18N2O5/c1-12-13(2)20(19(21(26)14(12)3)15-7-5-4-6-8-15)24-22(27)17-10-9-16(25(29)30)11-18(17)23(24)28/h4-11,26H,1-3H3. The quantitative estimate of drug-likeness (QED) is 0.389. The molecule has 3 aromatic carbocycles. The molecule has 0 atom stereocenters. The summed E-state index contributed by atoms with van der Waals surface area (Å²) in [6.07, 6.45) is 0. The fourth-order valence-corrected chi connectivity index (χ4v) is 3.83. The highest BCUT2D eigenvalue weighted by Crippen LogP contribution is 2.46. The number of non-ortho nitro benzene ring substituents is 1. The van der Waals surface area contributed by atoms with Crippen molar-refractivity contribution in [2.75, 3.05) is 4.90 Å². The number of nitro groups is 1. The first kappa shape index (κ1) is 19.3. The number of carbonyl (C=O) groups is 2. The van der Waals surface area contributed by atoms with Crippen molar-refractivity contribution in [3.05, 3.63) is 86.5 Å². The number of aromatic hydroxyl groups is 1. The molecule has 3 aromatic rings. The van der Waals surface area contributed by atoms with Crippen LogP contribution in [-0.4, -0.2) is 21.8 Å². The predicted octanol–water partition coefficient (Wildman–Crippen LogP) is 4.69. The van der Waals surface area contributed by atoms with Gasteiger partial charge in [-0.05, 0) is 49.1 Å². The molecule has 0 radical (unpaired) electrons. The van der Waals surface area contributed by atoms with Gasteiger partial charge in [-0.3, -0.25) is 19.7 Å². The third-order valence-corrected chi connectivity index (χ3v) is 5.68. The fourth-order valence-electron chi connectivity index (χ4n) is 3.83. The molecule has 1 aliphatic rings. The molecule has 1 heterocycles. The highest BCUT2D eigenvalue weighted by molar-refractivity contribution is 6.35. The van der Waals surface area contributed by atoms with Gasteiger partial charge in [0.25, 0.3) is 17.5 Å². The zero-order valence-corrected chi connectivity index (χ0v) is 16.6. The number of hydrogen-bond donors (Lipinski definition) is 1. The molecule has 1 aliphatic heterocycles. The number of nitrogens with zero attached hydrogens (tertiary/aromatic N) is 2. The third kappa shape index (κ3) is 2.67. The maximum atomic E-state index is 13.2. The SMILES string of the molecule is Cc1c(C)c(O)c(-c2ccccc2)c(N2C(=O)c3ccc([N+](=O)[O-])cc3C2=O)c1C. The lowest BCUT2D eigenvalue weighted by atomic mass is 9.91. The summed E-state index contributed by atoms with van der Waals surface area (Å²) in [7, 11) is 0. The number of phenolic OH excluding ortho intramolecular Hbond substituents is 1. The Hall–Kier alpha value is -4.00. The fraction of sp³-hybridized carbons (Fsp3) is 0.130. The molecule has 0 spiro atoms. The lowest BCUT2D eigenvalue weighted by molar-refractivity contribution is -0.384. The van der Waals surface area contributed by atoms with Crippen LogP contribution in [0.3, 0.4) is 0 Å². The lowest BCUT2D eigenvalue weighted by Crippen LogP contribution is -2.31. The largest absolute Gasteiger partial charge is 0.507 e. The van der Waals surface area contributed by atoms with Crippen molar-refractivity contribution in [2.45, 2.75) is 20.8 Å². The summed E-state index contributed by atoms with van der Waals surface area (Å²) in [4.78, 5) is 37.9. The zero-order valence-electron chi connectivity index (χ0n) is 16.6. The van der Waals surface area contributed by atoms with E-state index in [0.717, 1.165) is 16.5 Å². The van der Waals surface area contributed by atoms with Gasteiger partial charge < -0.3 is 5.11 Å². The minimum absolute atomic E-state index is 0.0122. The van der Waals surface area contributed by atoms with Crippen molar-refractivity contribution in [1.82, 2.24) is 0 Å². The van der Waals surface area contributed by atoms with Crippen molar-refractivity contribution in [2.24, 2.45) is 0 Å². The van der Waals surface area contributed by atoms with Gasteiger partial charge in [-0.15, -0.1) is 0 Å². The molecule has 0 aromatic heterocycles. The summed E-state index contributed by atoms with van der Waals surface area (Å²) >= 11 is 0. The Morgan fingerprint density at radius 1 is 0.867 bits per heavy atom. The van der Waals surface area contributed by atoms with E-state index in [0.29, 0.717) is 22.3 Å². The van der Waals surface area contributed by atoms with Crippen LogP contribution in [0.4, 0.5) is 11.4 Å². The molecule has 30 heavy (non-hydrogen) atoms. The second-order valence-electron chi connectivity index (χ2n) is 7.25. The highest BCUT2D eigenvalue weighted by atomic mass is 16.6. The number of nitro benzene ring substituents is 1. The molecule has 7 nitrogen and oxygen atoms in total. The van der Waals surface area contributed by atoms with Crippen LogP contribution < -0.4 is 4.90 Å². The molecule has 0 aliphatic carbocycles. The van der Waals surface area contributed by atoms with Crippen LogP contribution in [0.5, 0.6) is 5.75 Å². The monoisotopic (exact) mass is 402 g/mol. The van der Waals surface area contributed by atoms with Gasteiger partial charge in [0.05, 0.1) is 21.7 Å². The molecule has 0 unspecified atom stereocenters. The molecule has 0 fully saturated rings. The molecule has 1 N–H and O–H groups in total. The van der Waals surface area contributed by atoms with Crippen molar-refractivity contribution < 1.29 is 19.6 Å². The van der Waals surface area contributed by atoms with E-state index < -0.39 is 16.7 Å². The average Bonchev–Trinajstić information content (AvgIpc) is 2.99. The summed E-state index contributed by atoms with van der Waals surface area (Å²) in [5.41, 5.74) is 3.21. The first-order chi connectivity index (χ1) is 14.2. The first-order valence-corrected chi connectivity index (χ1v) is 9.29. The summed E-state index contributed by atoms with van der Waals surface area (Å²) in [5.74, 6) is -1.24. The molecule has 150 valence electrons. The smallest absolute Gasteiger partial charge is 0.270 e. The molecule has 4 rings (SSSR count). The maximum Gasteiger partial charge on any atom is 0.270 e. The van der Waals surface area contributed by atoms with Crippen LogP contribution >= 0.6 is 0 Å². The first-order valence-electron chi connectivity index (χ1n) is 9.29. The normalized spacial score (nSPS) is 13.0. The van der Waals surface area contributed by atoms with Gasteiger partial charge >= 0.3 is 0 Å². The number of benzene rings is 3. The zero-order chi connectivity index (χ0) is 21.7. The number of hydrogen-bond acceptors (Lipinski definition) is 5. The number of fused-ring (bicyclic) bond motifs is 1. The lowest BCUT2D eigenvalue weighted by Gasteiger charge is -2.25. The topological polar surface area (TPSA) is 101 Å². The predicted molar refractivity (Wildman–Crippen MR) is 112 cm³/mol. The van der Waals surface area contributed by atoms with Crippen LogP contribution in [0, 0.1) is 30.9 Å². The number of amides is 2. The minimum Gasteiger partial charge on any atom is -0.507 e. The van der Waals surface area contributed by atoms with Crippen LogP contribution in [0.1, 0.15) is 37.4 Å². The van der Waals surface area contributed by atoms with Crippen molar-refractivity contribution >= 4 is 23.2 Å². The summed E-state index contributed by atoms with van der Waals surface area (Å²) in [6.45, 7) is 5.38. The van der Waals surface area contributed by atoms with Gasteiger partial charge in [0.2, 0.25) is 0 Å². The Morgan fingerprint density at radius 2 is 1.50 bits per heavy atom. The van der Waals surface area contributed by atoms with E-state index in [1.807, 2.05) is 13.0 Å². The minimum atomic E-state index is -0.651. The Morgan fingerprint density at radius 3 is 2.13 bits per heavy atom. The van der Waals surface area contributed by atoms with Gasteiger partial charge in [-0.2, -0.15) is 0 Å². The van der Waals surface area contributed by atoms with Gasteiger partial charge in [0.1, 0.15) is 5.75 Å². The molecular formula is C23H18N2O5. The van der Waals surface area contributed by atoms with Crippen LogP contribution in [0.15, 0.2) is 48.5 Å². The van der Waals surface area contributed by atoms with Crippen molar-refractivity contribution in [3.8, 4) is 16.9 Å². The molecule has 0 saturated heterocycles. The van der Waals surface area contributed by atoms with Crippen LogP contribution in [0.25, 0.3) is 11.1 Å². The molecular weight excluding hydrogens is 384 g/mol. The van der Waals surface area contributed by atoms with Gasteiger partial charge in [-0.1, -0.05) is 30.3 Å². The van der Waals surface area contributed by atoms with E-state index >= 15 is 0 Å². The van der Waals surface area contributed by atoms with Gasteiger partial charge in [-0.25, -0.2) is 4.90 Å². The third-order valence-electron chi connectivity index (χ3n) is 5.68. The second-order valence-corrected chi connectivity index (χ2v) is 7.25. The van der Waals surface area contributed by atoms with Crippen molar-refractivity contribution in [3.63, 3.8) is 0 Å². The van der Waals surface area contributed by atoms with E-state index in [1.165, 1.54) is 12.1 Å². The Kier molecular flexibility index (Phi) is 4.38. The van der Waals surface area contributed by atoms with E-state index in [2.05, 4.69) is 0 Å². The number of anilines is 1. The van der Waals surface area contributed by atoms with E-state index in [-0.39, 0.29) is 28.3 Å². The van der Waals surface area contributed by atoms with E-state index in [4.69, 9.17) is 0 Å². The molecule has 0 bridgehead atoms. The number of rotatable bonds is 3. The summed E-state index contributed by atoms with van der Waals surface area (Å²) in [5, 5.41) is 22.1. The maximum absolute atomic E-state index is 13.2. The Bertz CT molecular complexity index is 1250. The van der Waals surface area contributed by atoms with Crippen LogP contribution in [0.2, 0.25) is 0 Å². The van der Waals surface area contributed by atoms with Gasteiger partial charge in [0.15, 0.2) is 0 Å².